The molecule has 6 heteroatoms. The number of rotatable bonds is 4. The van der Waals surface area contributed by atoms with E-state index >= 15 is 0 Å². The van der Waals surface area contributed by atoms with Gasteiger partial charge in [0, 0.05) is 19.8 Å². The highest BCUT2D eigenvalue weighted by molar-refractivity contribution is 7.93. The third-order valence-electron chi connectivity index (χ3n) is 1.80. The van der Waals surface area contributed by atoms with E-state index in [0.29, 0.717) is 5.69 Å². The number of sulfonamides is 1. The molecule has 1 aromatic rings. The van der Waals surface area contributed by atoms with Crippen molar-refractivity contribution < 1.29 is 13.2 Å². The molecule has 1 amide bonds. The van der Waals surface area contributed by atoms with Crippen LogP contribution in [0.3, 0.4) is 0 Å². The van der Waals surface area contributed by atoms with E-state index in [0.717, 1.165) is 0 Å². The molecule has 87 valence electrons. The number of amides is 1. The number of anilines is 1. The van der Waals surface area contributed by atoms with Crippen LogP contribution in [0.2, 0.25) is 0 Å². The Morgan fingerprint density at radius 3 is 2.44 bits per heavy atom. The summed E-state index contributed by atoms with van der Waals surface area (Å²) in [6.45, 7) is 0. The highest BCUT2D eigenvalue weighted by atomic mass is 32.2. The minimum Gasteiger partial charge on any atom is -0.348 e. The van der Waals surface area contributed by atoms with Gasteiger partial charge in [-0.2, -0.15) is 0 Å². The molecule has 0 aliphatic rings. The zero-order chi connectivity index (χ0) is 12.2. The first-order chi connectivity index (χ1) is 7.41. The molecule has 0 fully saturated rings. The number of nitrogens with one attached hydrogen (secondary N) is 1. The quantitative estimate of drug-likeness (QED) is 0.825. The first-order valence-electron chi connectivity index (χ1n) is 4.57. The molecule has 1 aromatic carbocycles. The zero-order valence-corrected chi connectivity index (χ0v) is 9.91. The van der Waals surface area contributed by atoms with Gasteiger partial charge in [0.25, 0.3) is 0 Å². The molecule has 0 unspecified atom stereocenters. The van der Waals surface area contributed by atoms with Crippen molar-refractivity contribution >= 4 is 21.6 Å². The van der Waals surface area contributed by atoms with Crippen LogP contribution >= 0.6 is 0 Å². The van der Waals surface area contributed by atoms with Gasteiger partial charge in [0.05, 0.1) is 0 Å². The van der Waals surface area contributed by atoms with Gasteiger partial charge in [-0.05, 0) is 18.2 Å². The molecule has 0 atom stereocenters. The summed E-state index contributed by atoms with van der Waals surface area (Å²) in [5.74, 6) is -1.02. The summed E-state index contributed by atoms with van der Waals surface area (Å²) in [6, 6.07) is 9.08. The number of hydrogen-bond acceptors (Lipinski definition) is 3. The summed E-state index contributed by atoms with van der Waals surface area (Å²) in [6.07, 6.45) is 0. The summed E-state index contributed by atoms with van der Waals surface area (Å²) < 4.78 is 25.4. The lowest BCUT2D eigenvalue weighted by molar-refractivity contribution is -0.125. The lowest BCUT2D eigenvalue weighted by Gasteiger charge is -2.11. The van der Waals surface area contributed by atoms with Crippen LogP contribution in [0.1, 0.15) is 0 Å². The number of nitrogens with zero attached hydrogens (tertiary/aromatic N) is 1. The molecule has 0 heterocycles. The third-order valence-corrected chi connectivity index (χ3v) is 2.98. The molecule has 0 aromatic heterocycles. The molecule has 1 rings (SSSR count). The second-order valence-corrected chi connectivity index (χ2v) is 5.16. The van der Waals surface area contributed by atoms with E-state index in [4.69, 9.17) is 0 Å². The maximum Gasteiger partial charge on any atom is 0.241 e. The van der Waals surface area contributed by atoms with Gasteiger partial charge in [0.15, 0.2) is 0 Å². The highest BCUT2D eigenvalue weighted by Crippen LogP contribution is 2.07. The largest absolute Gasteiger partial charge is 0.348 e. The minimum atomic E-state index is -3.63. The fourth-order valence-corrected chi connectivity index (χ4v) is 2.11. The molecule has 0 aliphatic heterocycles. The first kappa shape index (κ1) is 12.5. The van der Waals surface area contributed by atoms with Crippen LogP contribution in [0, 0.1) is 6.07 Å². The molecule has 0 saturated carbocycles. The standard InChI is InChI=1S/C10H13N2O3S/c1-12(2)10(13)8-16(14,15)11-9-6-4-3-5-7-9/h4-7,11H,8H2,1-2H3. The van der Waals surface area contributed by atoms with Gasteiger partial charge < -0.3 is 4.90 Å². The molecule has 1 N–H and O–H groups in total. The van der Waals surface area contributed by atoms with E-state index in [2.05, 4.69) is 10.8 Å². The van der Waals surface area contributed by atoms with Gasteiger partial charge in [-0.25, -0.2) is 8.42 Å². The van der Waals surface area contributed by atoms with Gasteiger partial charge in [0.1, 0.15) is 5.75 Å². The fraction of sp³-hybridized carbons (Fsp3) is 0.300. The zero-order valence-electron chi connectivity index (χ0n) is 9.10. The van der Waals surface area contributed by atoms with Crippen molar-refractivity contribution in [1.29, 1.82) is 0 Å². The van der Waals surface area contributed by atoms with Crippen molar-refractivity contribution in [2.45, 2.75) is 0 Å². The normalized spacial score (nSPS) is 10.9. The van der Waals surface area contributed by atoms with E-state index in [1.165, 1.54) is 19.0 Å². The fourth-order valence-electron chi connectivity index (χ4n) is 0.962. The SMILES string of the molecule is CN(C)C(=O)CS(=O)(=O)Nc1cc[c]cc1. The summed E-state index contributed by atoms with van der Waals surface area (Å²) in [5, 5.41) is 0. The number of hydrogen-bond donors (Lipinski definition) is 1. The molecular formula is C10H13N2O3S. The van der Waals surface area contributed by atoms with Crippen LogP contribution < -0.4 is 4.72 Å². The Bertz CT molecular complexity index is 454. The summed E-state index contributed by atoms with van der Waals surface area (Å²) in [7, 11) is -0.615. The van der Waals surface area contributed by atoms with E-state index in [1.54, 1.807) is 24.3 Å². The molecule has 0 bridgehead atoms. The average Bonchev–Trinajstić information content (AvgIpc) is 2.17. The van der Waals surface area contributed by atoms with E-state index < -0.39 is 21.7 Å². The first-order valence-corrected chi connectivity index (χ1v) is 6.23. The lowest BCUT2D eigenvalue weighted by atomic mass is 10.3. The van der Waals surface area contributed by atoms with Crippen molar-refractivity contribution in [3.05, 3.63) is 30.3 Å². The van der Waals surface area contributed by atoms with Crippen molar-refractivity contribution in [2.24, 2.45) is 0 Å². The second kappa shape index (κ2) is 4.98. The Balaban J connectivity index is 2.70. The summed E-state index contributed by atoms with van der Waals surface area (Å²) >= 11 is 0. The Labute approximate surface area is 95.1 Å². The Kier molecular flexibility index (Phi) is 3.89. The lowest BCUT2D eigenvalue weighted by Crippen LogP contribution is -2.32. The summed E-state index contributed by atoms with van der Waals surface area (Å²) in [4.78, 5) is 12.5. The van der Waals surface area contributed by atoms with Crippen LogP contribution in [0.5, 0.6) is 0 Å². The molecule has 1 radical (unpaired) electrons. The van der Waals surface area contributed by atoms with Crippen LogP contribution in [0.4, 0.5) is 5.69 Å². The van der Waals surface area contributed by atoms with Crippen LogP contribution in [0.15, 0.2) is 24.3 Å². The van der Waals surface area contributed by atoms with E-state index in [-0.39, 0.29) is 0 Å². The number of carbonyl (C=O) groups is 1. The van der Waals surface area contributed by atoms with Gasteiger partial charge in [-0.15, -0.1) is 0 Å². The average molecular weight is 241 g/mol. The van der Waals surface area contributed by atoms with Crippen LogP contribution in [0.25, 0.3) is 0 Å². The third kappa shape index (κ3) is 3.90. The van der Waals surface area contributed by atoms with E-state index in [1.807, 2.05) is 0 Å². The molecule has 0 spiro atoms. The van der Waals surface area contributed by atoms with Crippen LogP contribution in [-0.4, -0.2) is 39.1 Å². The van der Waals surface area contributed by atoms with Gasteiger partial charge in [-0.1, -0.05) is 12.1 Å². The smallest absolute Gasteiger partial charge is 0.241 e. The molecule has 0 aliphatic carbocycles. The van der Waals surface area contributed by atoms with Gasteiger partial charge >= 0.3 is 0 Å². The van der Waals surface area contributed by atoms with Crippen molar-refractivity contribution in [3.8, 4) is 0 Å². The Morgan fingerprint density at radius 1 is 1.38 bits per heavy atom. The van der Waals surface area contributed by atoms with Gasteiger partial charge in [-0.3, -0.25) is 9.52 Å². The molecule has 16 heavy (non-hydrogen) atoms. The van der Waals surface area contributed by atoms with Crippen molar-refractivity contribution in [2.75, 3.05) is 24.6 Å². The maximum atomic E-state index is 11.5. The van der Waals surface area contributed by atoms with Gasteiger partial charge in [0.2, 0.25) is 15.9 Å². The summed E-state index contributed by atoms with van der Waals surface area (Å²) in [5.41, 5.74) is 0.422. The maximum absolute atomic E-state index is 11.5. The highest BCUT2D eigenvalue weighted by Gasteiger charge is 2.17. The van der Waals surface area contributed by atoms with Crippen molar-refractivity contribution in [3.63, 3.8) is 0 Å². The second-order valence-electron chi connectivity index (χ2n) is 3.44. The Hall–Kier alpha value is -1.56. The molecular weight excluding hydrogens is 228 g/mol. The molecule has 0 saturated heterocycles. The Morgan fingerprint density at radius 2 is 1.94 bits per heavy atom. The molecule has 5 nitrogen and oxygen atoms in total. The van der Waals surface area contributed by atoms with E-state index in [9.17, 15) is 13.2 Å². The predicted octanol–water partition coefficient (Wildman–Crippen LogP) is 0.317. The predicted molar refractivity (Wildman–Crippen MR) is 61.4 cm³/mol. The number of benzene rings is 1. The monoisotopic (exact) mass is 241 g/mol. The topological polar surface area (TPSA) is 66.5 Å². The van der Waals surface area contributed by atoms with Crippen LogP contribution in [-0.2, 0) is 14.8 Å². The minimum absolute atomic E-state index is 0.422. The number of carbonyl (C=O) groups excluding carboxylic acids is 1. The van der Waals surface area contributed by atoms with Crippen molar-refractivity contribution in [1.82, 2.24) is 4.90 Å².